The summed E-state index contributed by atoms with van der Waals surface area (Å²) in [6.07, 6.45) is 9.19. The quantitative estimate of drug-likeness (QED) is 0.258. The van der Waals surface area contributed by atoms with Gasteiger partial charge in [0.25, 0.3) is 5.91 Å². The van der Waals surface area contributed by atoms with Gasteiger partial charge in [-0.25, -0.2) is 4.79 Å². The summed E-state index contributed by atoms with van der Waals surface area (Å²) in [5.41, 5.74) is 3.25. The van der Waals surface area contributed by atoms with Crippen LogP contribution < -0.4 is 5.32 Å². The maximum atomic E-state index is 12.8. The van der Waals surface area contributed by atoms with Crippen LogP contribution in [-0.2, 0) is 13.0 Å². The van der Waals surface area contributed by atoms with Gasteiger partial charge in [0, 0.05) is 50.5 Å². The summed E-state index contributed by atoms with van der Waals surface area (Å²) in [6, 6.07) is 1.78. The van der Waals surface area contributed by atoms with E-state index in [-0.39, 0.29) is 17.8 Å². The number of aliphatic hydroxyl groups excluding tert-OH is 1. The summed E-state index contributed by atoms with van der Waals surface area (Å²) in [7, 11) is 0. The molecule has 1 aromatic heterocycles. The summed E-state index contributed by atoms with van der Waals surface area (Å²) in [6.45, 7) is 13.6. The molecule has 0 spiro atoms. The average molecular weight is 536 g/mol. The number of carbonyl (C=O) groups is 2. The van der Waals surface area contributed by atoms with Crippen LogP contribution in [0.3, 0.4) is 0 Å². The molecule has 0 aromatic carbocycles. The zero-order valence-corrected chi connectivity index (χ0v) is 23.5. The first-order chi connectivity index (χ1) is 18.6. The molecule has 2 atom stereocenters. The highest BCUT2D eigenvalue weighted by molar-refractivity contribution is 6.07. The van der Waals surface area contributed by atoms with E-state index in [1.54, 1.807) is 45.2 Å². The molecule has 3 aliphatic heterocycles. The third-order valence-electron chi connectivity index (χ3n) is 7.09. The van der Waals surface area contributed by atoms with Gasteiger partial charge < -0.3 is 25.1 Å². The number of carbonyl (C=O) groups excluding carboxylic acids is 2. The second kappa shape index (κ2) is 13.3. The monoisotopic (exact) mass is 535 g/mol. The van der Waals surface area contributed by atoms with Crippen molar-refractivity contribution in [2.24, 2.45) is 0 Å². The van der Waals surface area contributed by atoms with Gasteiger partial charge >= 0.3 is 6.03 Å². The molecule has 3 amide bonds. The Hall–Kier alpha value is -3.79. The van der Waals surface area contributed by atoms with Crippen LogP contribution in [0.4, 0.5) is 4.79 Å². The average Bonchev–Trinajstić information content (AvgIpc) is 3.52. The molecule has 10 heteroatoms. The summed E-state index contributed by atoms with van der Waals surface area (Å²) in [5, 5.41) is 28.9. The fourth-order valence-corrected chi connectivity index (χ4v) is 4.89. The van der Waals surface area contributed by atoms with Gasteiger partial charge in [0.1, 0.15) is 17.4 Å². The Labute approximate surface area is 231 Å². The molecule has 4 heterocycles. The number of rotatable bonds is 5. The molecule has 0 radical (unpaired) electrons. The zero-order valence-electron chi connectivity index (χ0n) is 23.5. The van der Waals surface area contributed by atoms with Gasteiger partial charge in [0.15, 0.2) is 0 Å². The number of amides is 3. The molecule has 2 unspecified atom stereocenters. The predicted molar refractivity (Wildman–Crippen MR) is 153 cm³/mol. The van der Waals surface area contributed by atoms with Crippen molar-refractivity contribution in [2.45, 2.75) is 72.1 Å². The topological polar surface area (TPSA) is 137 Å². The van der Waals surface area contributed by atoms with E-state index in [1.807, 2.05) is 27.7 Å². The van der Waals surface area contributed by atoms with Crippen molar-refractivity contribution in [1.29, 1.82) is 10.8 Å². The molecule has 4 rings (SSSR count). The lowest BCUT2D eigenvalue weighted by molar-refractivity contribution is 0.0962. The van der Waals surface area contributed by atoms with Gasteiger partial charge in [-0.3, -0.25) is 20.6 Å². The maximum absolute atomic E-state index is 12.8. The van der Waals surface area contributed by atoms with E-state index in [1.165, 1.54) is 0 Å². The van der Waals surface area contributed by atoms with Gasteiger partial charge in [-0.05, 0) is 62.0 Å². The SMILES string of the molecule is C=C(/C=C\C=C(/C)C(=N)N1C(=N)CCC1C)NC(=O)c1cc2c(cn1)CCN(C(=O)N1CCC(O)C1)C2.CC. The minimum Gasteiger partial charge on any atom is -0.391 e. The fourth-order valence-electron chi connectivity index (χ4n) is 4.89. The normalized spacial score (nSPS) is 21.0. The molecule has 0 bridgehead atoms. The Kier molecular flexibility index (Phi) is 10.2. The Bertz CT molecular complexity index is 1190. The van der Waals surface area contributed by atoms with E-state index < -0.39 is 12.0 Å². The molecule has 1 aromatic rings. The number of amidine groups is 2. The van der Waals surface area contributed by atoms with Gasteiger partial charge in [0.05, 0.1) is 6.10 Å². The van der Waals surface area contributed by atoms with Crippen LogP contribution in [0.15, 0.2) is 48.3 Å². The number of urea groups is 1. The molecular weight excluding hydrogens is 494 g/mol. The number of nitrogens with zero attached hydrogens (tertiary/aromatic N) is 4. The minimum atomic E-state index is -0.461. The molecule has 0 saturated carbocycles. The standard InChI is InChI=1S/C27H35N7O3.C2H6/c1-17(25(29)34-19(3)7-8-24(34)28)5-4-6-18(2)31-26(36)23-13-21-15-32(11-9-20(21)14-30-23)27(37)33-12-10-22(35)16-33;1-2/h4-6,13-14,19,22,28-29,35H,2,7-12,15-16H2,1,3H3,(H,31,36);1-2H3/b6-4-,17-5+,28-24?,29-25?;. The molecule has 2 fully saturated rings. The van der Waals surface area contributed by atoms with Crippen molar-refractivity contribution in [3.63, 3.8) is 0 Å². The summed E-state index contributed by atoms with van der Waals surface area (Å²) in [5.74, 6) is 0.378. The van der Waals surface area contributed by atoms with Crippen molar-refractivity contribution in [3.05, 3.63) is 65.2 Å². The number of likely N-dealkylation sites (tertiary alicyclic amines) is 2. The number of pyridine rings is 1. The van der Waals surface area contributed by atoms with Crippen molar-refractivity contribution in [3.8, 4) is 0 Å². The lowest BCUT2D eigenvalue weighted by Gasteiger charge is -2.32. The van der Waals surface area contributed by atoms with Gasteiger partial charge in [-0.2, -0.15) is 0 Å². The Morgan fingerprint density at radius 2 is 1.92 bits per heavy atom. The molecule has 210 valence electrons. The largest absolute Gasteiger partial charge is 0.391 e. The Morgan fingerprint density at radius 3 is 2.56 bits per heavy atom. The molecule has 0 aliphatic carbocycles. The number of aliphatic hydroxyl groups is 1. The van der Waals surface area contributed by atoms with Crippen LogP contribution in [0, 0.1) is 10.8 Å². The maximum Gasteiger partial charge on any atom is 0.320 e. The molecule has 3 aliphatic rings. The lowest BCUT2D eigenvalue weighted by Crippen LogP contribution is -2.44. The number of hydrogen-bond acceptors (Lipinski definition) is 6. The first-order valence-corrected chi connectivity index (χ1v) is 13.6. The summed E-state index contributed by atoms with van der Waals surface area (Å²) < 4.78 is 0. The van der Waals surface area contributed by atoms with E-state index in [0.29, 0.717) is 68.4 Å². The first kappa shape index (κ1) is 29.8. The third kappa shape index (κ3) is 7.20. The molecule has 39 heavy (non-hydrogen) atoms. The number of hydrogen-bond donors (Lipinski definition) is 4. The second-order valence-electron chi connectivity index (χ2n) is 9.92. The molecule has 10 nitrogen and oxygen atoms in total. The van der Waals surface area contributed by atoms with E-state index in [9.17, 15) is 14.7 Å². The minimum absolute atomic E-state index is 0.0870. The zero-order chi connectivity index (χ0) is 28.7. The number of aromatic nitrogens is 1. The summed E-state index contributed by atoms with van der Waals surface area (Å²) >= 11 is 0. The van der Waals surface area contributed by atoms with Crippen molar-refractivity contribution < 1.29 is 14.7 Å². The number of allylic oxidation sites excluding steroid dienone is 3. The number of β-amino-alcohol motifs (C(OH)–C–C–N with tert-alkyl or cyclic N) is 1. The van der Waals surface area contributed by atoms with Crippen molar-refractivity contribution in [1.82, 2.24) is 25.0 Å². The van der Waals surface area contributed by atoms with E-state index in [4.69, 9.17) is 10.8 Å². The van der Waals surface area contributed by atoms with Gasteiger partial charge in [-0.1, -0.05) is 32.6 Å². The fraction of sp³-hybridized carbons (Fsp3) is 0.483. The van der Waals surface area contributed by atoms with Crippen LogP contribution in [0.5, 0.6) is 0 Å². The predicted octanol–water partition coefficient (Wildman–Crippen LogP) is 3.84. The molecule has 2 saturated heterocycles. The van der Waals surface area contributed by atoms with Gasteiger partial charge in [0.2, 0.25) is 0 Å². The van der Waals surface area contributed by atoms with Crippen LogP contribution >= 0.6 is 0 Å². The highest BCUT2D eigenvalue weighted by Gasteiger charge is 2.31. The summed E-state index contributed by atoms with van der Waals surface area (Å²) in [4.78, 5) is 35.1. The third-order valence-corrected chi connectivity index (χ3v) is 7.09. The van der Waals surface area contributed by atoms with Crippen LogP contribution in [0.25, 0.3) is 0 Å². The first-order valence-electron chi connectivity index (χ1n) is 13.6. The molecule has 4 N–H and O–H groups in total. The highest BCUT2D eigenvalue weighted by atomic mass is 16.3. The second-order valence-corrected chi connectivity index (χ2v) is 9.92. The smallest absolute Gasteiger partial charge is 0.320 e. The van der Waals surface area contributed by atoms with Crippen molar-refractivity contribution >= 4 is 23.6 Å². The van der Waals surface area contributed by atoms with E-state index in [2.05, 4.69) is 16.9 Å². The highest BCUT2D eigenvalue weighted by Crippen LogP contribution is 2.23. The van der Waals surface area contributed by atoms with E-state index in [0.717, 1.165) is 17.5 Å². The van der Waals surface area contributed by atoms with Crippen LogP contribution in [-0.4, -0.2) is 80.2 Å². The van der Waals surface area contributed by atoms with Crippen LogP contribution in [0.1, 0.15) is 68.6 Å². The lowest BCUT2D eigenvalue weighted by atomic mass is 10.0. The van der Waals surface area contributed by atoms with Crippen molar-refractivity contribution in [2.75, 3.05) is 19.6 Å². The van der Waals surface area contributed by atoms with Gasteiger partial charge in [-0.15, -0.1) is 0 Å². The number of nitrogens with one attached hydrogen (secondary N) is 3. The van der Waals surface area contributed by atoms with E-state index >= 15 is 0 Å². The number of fused-ring (bicyclic) bond motifs is 1. The Morgan fingerprint density at radius 1 is 1.18 bits per heavy atom. The Balaban J connectivity index is 0.00000205. The molecular formula is C29H41N7O3. The van der Waals surface area contributed by atoms with Crippen LogP contribution in [0.2, 0.25) is 0 Å².